The van der Waals surface area contributed by atoms with Crippen LogP contribution in [0.5, 0.6) is 11.5 Å². The van der Waals surface area contributed by atoms with Gasteiger partial charge in [-0.15, -0.1) is 0 Å². The number of benzene rings is 5. The van der Waals surface area contributed by atoms with Gasteiger partial charge in [0.2, 0.25) is 0 Å². The number of rotatable bonds is 6. The quantitative estimate of drug-likeness (QED) is 0.177. The largest absolute Gasteiger partial charge is 0.457 e. The van der Waals surface area contributed by atoms with E-state index in [1.807, 2.05) is 12.3 Å². The van der Waals surface area contributed by atoms with Gasteiger partial charge in [0.1, 0.15) is 17.3 Å². The van der Waals surface area contributed by atoms with Crippen molar-refractivity contribution in [3.05, 3.63) is 157 Å². The minimum absolute atomic E-state index is 0.0128. The molecule has 0 saturated carbocycles. The van der Waals surface area contributed by atoms with Gasteiger partial charge in [-0.05, 0) is 87.7 Å². The highest BCUT2D eigenvalue weighted by Crippen LogP contribution is 2.38. The summed E-state index contributed by atoms with van der Waals surface area (Å²) in [6.45, 7) is 14.2. The lowest BCUT2D eigenvalue weighted by Crippen LogP contribution is -2.25. The molecule has 0 N–H and O–H groups in total. The molecule has 8 rings (SSSR count). The number of ether oxygens (including phenoxy) is 1. The fourth-order valence-electron chi connectivity index (χ4n) is 6.89. The predicted molar refractivity (Wildman–Crippen MR) is 213 cm³/mol. The molecule has 5 nitrogen and oxygen atoms in total. The molecule has 0 amide bonds. The van der Waals surface area contributed by atoms with Crippen molar-refractivity contribution in [3.63, 3.8) is 0 Å². The summed E-state index contributed by atoms with van der Waals surface area (Å²) in [5.74, 6) is 2.47. The first-order valence-corrected chi connectivity index (χ1v) is 17.7. The normalized spacial score (nSPS) is 13.5. The van der Waals surface area contributed by atoms with Gasteiger partial charge >= 0.3 is 0 Å². The van der Waals surface area contributed by atoms with Gasteiger partial charge in [0, 0.05) is 52.9 Å². The smallest absolute Gasteiger partial charge is 0.137 e. The molecule has 5 heteroatoms. The minimum Gasteiger partial charge on any atom is -0.457 e. The lowest BCUT2D eigenvalue weighted by molar-refractivity contribution is 0.483. The Bertz CT molecular complexity index is 2410. The SMILES string of the molecule is CC(C)(C)c1cc(-c2ccccc2)cc(N2C=CN(c3cccc(Oc4ccc5c6ccccc6n(-c6cc(C(C)(C)C)ccn6)c5c4)c3)C2)c1. The molecule has 7 aromatic rings. The van der Waals surface area contributed by atoms with Crippen molar-refractivity contribution < 1.29 is 4.74 Å². The van der Waals surface area contributed by atoms with E-state index in [0.29, 0.717) is 6.67 Å². The number of hydrogen-bond acceptors (Lipinski definition) is 4. The van der Waals surface area contributed by atoms with Crippen molar-refractivity contribution in [3.8, 4) is 28.4 Å². The molecule has 51 heavy (non-hydrogen) atoms. The van der Waals surface area contributed by atoms with Crippen molar-refractivity contribution in [2.75, 3.05) is 16.5 Å². The third-order valence-electron chi connectivity index (χ3n) is 9.82. The lowest BCUT2D eigenvalue weighted by atomic mass is 9.85. The molecule has 0 radical (unpaired) electrons. The summed E-state index contributed by atoms with van der Waals surface area (Å²) in [6.07, 6.45) is 6.23. The molecule has 254 valence electrons. The maximum atomic E-state index is 6.58. The van der Waals surface area contributed by atoms with Crippen molar-refractivity contribution in [1.29, 1.82) is 0 Å². The molecule has 0 fully saturated rings. The third-order valence-corrected chi connectivity index (χ3v) is 9.82. The zero-order valence-electron chi connectivity index (χ0n) is 30.3. The first-order valence-electron chi connectivity index (χ1n) is 17.7. The Kier molecular flexibility index (Phi) is 7.94. The van der Waals surface area contributed by atoms with E-state index in [1.54, 1.807) is 0 Å². The van der Waals surface area contributed by atoms with E-state index in [4.69, 9.17) is 9.72 Å². The molecular formula is C46H44N4O. The highest BCUT2D eigenvalue weighted by Gasteiger charge is 2.22. The summed E-state index contributed by atoms with van der Waals surface area (Å²) in [4.78, 5) is 9.40. The zero-order valence-corrected chi connectivity index (χ0v) is 30.3. The average Bonchev–Trinajstić information content (AvgIpc) is 3.75. The van der Waals surface area contributed by atoms with Crippen molar-refractivity contribution >= 4 is 33.2 Å². The predicted octanol–water partition coefficient (Wildman–Crippen LogP) is 12.0. The maximum absolute atomic E-state index is 6.58. The van der Waals surface area contributed by atoms with E-state index >= 15 is 0 Å². The molecule has 0 bridgehead atoms. The second-order valence-corrected chi connectivity index (χ2v) is 15.5. The van der Waals surface area contributed by atoms with Crippen molar-refractivity contribution in [2.45, 2.75) is 52.4 Å². The molecular weight excluding hydrogens is 625 g/mol. The van der Waals surface area contributed by atoms with Gasteiger partial charge in [0.05, 0.1) is 17.7 Å². The van der Waals surface area contributed by atoms with Gasteiger partial charge in [0.25, 0.3) is 0 Å². The van der Waals surface area contributed by atoms with Crippen LogP contribution < -0.4 is 14.5 Å². The van der Waals surface area contributed by atoms with Gasteiger partial charge in [-0.25, -0.2) is 4.98 Å². The molecule has 1 aliphatic rings. The number of nitrogens with zero attached hydrogens (tertiary/aromatic N) is 4. The third kappa shape index (κ3) is 6.36. The molecule has 0 saturated heterocycles. The molecule has 0 unspecified atom stereocenters. The van der Waals surface area contributed by atoms with E-state index in [0.717, 1.165) is 34.0 Å². The summed E-state index contributed by atoms with van der Waals surface area (Å²) >= 11 is 0. The highest BCUT2D eigenvalue weighted by atomic mass is 16.5. The topological polar surface area (TPSA) is 33.5 Å². The molecule has 0 spiro atoms. The highest BCUT2D eigenvalue weighted by molar-refractivity contribution is 6.09. The van der Waals surface area contributed by atoms with E-state index in [1.165, 1.54) is 38.7 Å². The van der Waals surface area contributed by atoms with Crippen LogP contribution in [0, 0.1) is 0 Å². The fourth-order valence-corrected chi connectivity index (χ4v) is 6.89. The summed E-state index contributed by atoms with van der Waals surface area (Å²) < 4.78 is 8.84. The van der Waals surface area contributed by atoms with Crippen LogP contribution in [0.15, 0.2) is 146 Å². The molecule has 0 atom stereocenters. The van der Waals surface area contributed by atoms with Crippen molar-refractivity contribution in [2.24, 2.45) is 0 Å². The van der Waals surface area contributed by atoms with E-state index in [9.17, 15) is 0 Å². The molecule has 1 aliphatic heterocycles. The zero-order chi connectivity index (χ0) is 35.3. The number of anilines is 2. The first-order chi connectivity index (χ1) is 24.5. The Hall–Kier alpha value is -5.81. The second-order valence-electron chi connectivity index (χ2n) is 15.5. The number of para-hydroxylation sites is 1. The van der Waals surface area contributed by atoms with Gasteiger partial charge in [-0.3, -0.25) is 4.57 Å². The molecule has 2 aromatic heterocycles. The van der Waals surface area contributed by atoms with E-state index in [-0.39, 0.29) is 10.8 Å². The Labute approximate surface area is 301 Å². The van der Waals surface area contributed by atoms with Gasteiger partial charge < -0.3 is 14.5 Å². The Morgan fingerprint density at radius 3 is 2.02 bits per heavy atom. The van der Waals surface area contributed by atoms with Crippen LogP contribution in [0.25, 0.3) is 38.8 Å². The van der Waals surface area contributed by atoms with Gasteiger partial charge in [-0.2, -0.15) is 0 Å². The van der Waals surface area contributed by atoms with Crippen LogP contribution in [0.2, 0.25) is 0 Å². The standard InChI is InChI=1S/C46H44N4O/c1-45(2,3)34-21-22-47-44(28-34)50-42-18-11-10-17-40(42)41-20-19-39(30-43(41)50)51-38-16-12-15-36(29-38)48-23-24-49(31-48)37-26-33(32-13-8-7-9-14-32)25-35(27-37)46(4,5)6/h7-30H,31H2,1-6H3. The number of pyridine rings is 1. The van der Waals surface area contributed by atoms with Crippen LogP contribution >= 0.6 is 0 Å². The summed E-state index contributed by atoms with van der Waals surface area (Å²) in [5, 5.41) is 2.36. The number of hydrogen-bond donors (Lipinski definition) is 0. The number of fused-ring (bicyclic) bond motifs is 3. The Balaban J connectivity index is 1.08. The summed E-state index contributed by atoms with van der Waals surface area (Å²) in [5.41, 5.74) is 9.49. The Morgan fingerprint density at radius 2 is 1.24 bits per heavy atom. The molecule has 3 heterocycles. The van der Waals surface area contributed by atoms with Crippen LogP contribution in [0.3, 0.4) is 0 Å². The summed E-state index contributed by atoms with van der Waals surface area (Å²) in [6, 6.07) is 45.1. The van der Waals surface area contributed by atoms with Crippen LogP contribution in [0.4, 0.5) is 11.4 Å². The molecule has 0 aliphatic carbocycles. The van der Waals surface area contributed by atoms with E-state index < -0.39 is 0 Å². The van der Waals surface area contributed by atoms with Crippen LogP contribution in [-0.4, -0.2) is 16.2 Å². The maximum Gasteiger partial charge on any atom is 0.137 e. The lowest BCUT2D eigenvalue weighted by Gasteiger charge is -2.26. The second kappa shape index (κ2) is 12.5. The van der Waals surface area contributed by atoms with Crippen LogP contribution in [-0.2, 0) is 10.8 Å². The monoisotopic (exact) mass is 668 g/mol. The summed E-state index contributed by atoms with van der Waals surface area (Å²) in [7, 11) is 0. The minimum atomic E-state index is 0.0128. The van der Waals surface area contributed by atoms with Crippen LogP contribution in [0.1, 0.15) is 52.7 Å². The van der Waals surface area contributed by atoms with E-state index in [2.05, 4.69) is 190 Å². The first kappa shape index (κ1) is 32.4. The van der Waals surface area contributed by atoms with Crippen molar-refractivity contribution in [1.82, 2.24) is 9.55 Å². The molecule has 5 aromatic carbocycles. The fraction of sp³-hybridized carbons (Fsp3) is 0.196. The van der Waals surface area contributed by atoms with Gasteiger partial charge in [-0.1, -0.05) is 102 Å². The Morgan fingerprint density at radius 1 is 0.529 bits per heavy atom. The number of aromatic nitrogens is 2. The average molecular weight is 669 g/mol. The van der Waals surface area contributed by atoms with Gasteiger partial charge in [0.15, 0.2) is 0 Å².